The van der Waals surface area contributed by atoms with Gasteiger partial charge in [0, 0.05) is 18.3 Å². The molecule has 0 fully saturated rings. The van der Waals surface area contributed by atoms with Crippen molar-refractivity contribution in [1.82, 2.24) is 5.32 Å². The molecule has 0 heterocycles. The molecule has 1 aromatic rings. The Hall–Kier alpha value is -1.82. The predicted molar refractivity (Wildman–Crippen MR) is 83.5 cm³/mol. The maximum Gasteiger partial charge on any atom is 2.00 e. The second-order valence-corrected chi connectivity index (χ2v) is 4.40. The average Bonchev–Trinajstić information content (AvgIpc) is 2.42. The van der Waals surface area contributed by atoms with Crippen LogP contribution < -0.4 is 5.32 Å². The smallest absolute Gasteiger partial charge is 0.546 e. The van der Waals surface area contributed by atoms with Crippen molar-refractivity contribution in [3.05, 3.63) is 91.0 Å². The first-order valence-corrected chi connectivity index (χ1v) is 6.37. The Labute approximate surface area is 141 Å². The molecular weight excluding hydrogens is 353 g/mol. The van der Waals surface area contributed by atoms with E-state index in [1.807, 2.05) is 36.4 Å². The molecule has 0 atom stereocenters. The van der Waals surface area contributed by atoms with Gasteiger partial charge >= 0.3 is 20.4 Å². The van der Waals surface area contributed by atoms with E-state index < -0.39 is 0 Å². The summed E-state index contributed by atoms with van der Waals surface area (Å²) in [6, 6.07) is 10.1. The Bertz CT molecular complexity index is 538. The van der Waals surface area contributed by atoms with Crippen molar-refractivity contribution in [2.24, 2.45) is 0 Å². The van der Waals surface area contributed by atoms with Crippen molar-refractivity contribution >= 4 is 5.78 Å². The molecule has 1 aliphatic carbocycles. The monoisotopic (exact) mass is 371 g/mol. The van der Waals surface area contributed by atoms with Crippen LogP contribution in [0.4, 0.5) is 0 Å². The summed E-state index contributed by atoms with van der Waals surface area (Å²) >= 11 is 0. The third-order valence-corrected chi connectivity index (χ3v) is 2.33. The number of nitrogens with one attached hydrogen (secondary N) is 1. The van der Waals surface area contributed by atoms with Gasteiger partial charge in [0.05, 0.1) is 0 Å². The molecular formula is C18H19NOPd. The van der Waals surface area contributed by atoms with Crippen molar-refractivity contribution in [3.8, 4) is 0 Å². The Morgan fingerprint density at radius 1 is 1.24 bits per heavy atom. The molecule has 0 spiro atoms. The van der Waals surface area contributed by atoms with Crippen LogP contribution in [0.1, 0.15) is 12.5 Å². The number of benzene rings is 1. The summed E-state index contributed by atoms with van der Waals surface area (Å²) in [6.07, 6.45) is 8.74. The standard InChI is InChI=1S/C14H13NO.C4H6.Pd/c16-14-9-5-4-8-13(14)11-15-10-12-6-2-1-3-7-12;1-4(2)3;/h1-9,11,15H,10H2;1H,2H2,3H3;/q;-2;+2/b13-11-;;. The fourth-order valence-electron chi connectivity index (χ4n) is 1.47. The summed E-state index contributed by atoms with van der Waals surface area (Å²) in [5, 5.41) is 3.13. The summed E-state index contributed by atoms with van der Waals surface area (Å²) < 4.78 is 0. The van der Waals surface area contributed by atoms with Gasteiger partial charge < -0.3 is 24.4 Å². The van der Waals surface area contributed by atoms with Crippen LogP contribution in [-0.4, -0.2) is 5.78 Å². The Morgan fingerprint density at radius 2 is 1.81 bits per heavy atom. The van der Waals surface area contributed by atoms with Gasteiger partial charge in [-0.05, 0) is 17.7 Å². The zero-order valence-corrected chi connectivity index (χ0v) is 13.5. The second kappa shape index (κ2) is 10.9. The van der Waals surface area contributed by atoms with E-state index in [0.717, 1.165) is 6.54 Å². The molecule has 21 heavy (non-hydrogen) atoms. The SMILES string of the molecule is O=C1C=CC=C/C1=C/NCc1ccccc1.[CH-]=C([CH2-])C.[Pd+2]. The van der Waals surface area contributed by atoms with Gasteiger partial charge in [-0.15, -0.1) is 6.92 Å². The molecule has 0 radical (unpaired) electrons. The number of carbonyl (C=O) groups is 1. The maximum atomic E-state index is 11.4. The number of carbonyl (C=O) groups excluding carboxylic acids is 1. The van der Waals surface area contributed by atoms with Crippen molar-refractivity contribution < 1.29 is 25.2 Å². The van der Waals surface area contributed by atoms with Crippen molar-refractivity contribution in [1.29, 1.82) is 0 Å². The van der Waals surface area contributed by atoms with Crippen LogP contribution in [0, 0.1) is 13.5 Å². The summed E-state index contributed by atoms with van der Waals surface area (Å²) in [5.41, 5.74) is 2.56. The van der Waals surface area contributed by atoms with E-state index in [2.05, 4.69) is 12.2 Å². The number of hydrogen-bond acceptors (Lipinski definition) is 2. The normalized spacial score (nSPS) is 14.0. The van der Waals surface area contributed by atoms with Gasteiger partial charge in [-0.2, -0.15) is 0 Å². The summed E-state index contributed by atoms with van der Waals surface area (Å²) in [6.45, 7) is 10.7. The van der Waals surface area contributed by atoms with E-state index in [4.69, 9.17) is 6.58 Å². The molecule has 0 bridgehead atoms. The Kier molecular flexibility index (Phi) is 9.97. The second-order valence-electron chi connectivity index (χ2n) is 4.40. The summed E-state index contributed by atoms with van der Waals surface area (Å²) in [7, 11) is 0. The number of hydrogen-bond donors (Lipinski definition) is 1. The largest absolute Gasteiger partial charge is 2.00 e. The van der Waals surface area contributed by atoms with Gasteiger partial charge in [-0.1, -0.05) is 42.5 Å². The topological polar surface area (TPSA) is 29.1 Å². The van der Waals surface area contributed by atoms with Crippen LogP contribution in [-0.2, 0) is 31.8 Å². The molecule has 0 aromatic heterocycles. The molecule has 3 heteroatoms. The fourth-order valence-corrected chi connectivity index (χ4v) is 1.47. The summed E-state index contributed by atoms with van der Waals surface area (Å²) in [4.78, 5) is 11.4. The first-order valence-electron chi connectivity index (χ1n) is 6.37. The molecule has 1 aromatic carbocycles. The molecule has 1 N–H and O–H groups in total. The molecule has 0 saturated carbocycles. The molecule has 0 unspecified atom stereocenters. The van der Waals surface area contributed by atoms with E-state index in [9.17, 15) is 4.79 Å². The first-order chi connectivity index (χ1) is 9.59. The average molecular weight is 372 g/mol. The third kappa shape index (κ3) is 8.86. The molecule has 0 amide bonds. The van der Waals surface area contributed by atoms with Gasteiger partial charge in [0.1, 0.15) is 0 Å². The minimum absolute atomic E-state index is 0. The number of allylic oxidation sites excluding steroid dienone is 6. The van der Waals surface area contributed by atoms with Gasteiger partial charge in [0.15, 0.2) is 5.78 Å². The third-order valence-electron chi connectivity index (χ3n) is 2.33. The Morgan fingerprint density at radius 3 is 2.38 bits per heavy atom. The van der Waals surface area contributed by atoms with Crippen molar-refractivity contribution in [3.63, 3.8) is 0 Å². The van der Waals surface area contributed by atoms with E-state index in [1.54, 1.807) is 31.4 Å². The van der Waals surface area contributed by atoms with Gasteiger partial charge in [-0.25, -0.2) is 0 Å². The molecule has 2 nitrogen and oxygen atoms in total. The first kappa shape index (κ1) is 19.2. The van der Waals surface area contributed by atoms with E-state index >= 15 is 0 Å². The minimum atomic E-state index is 0. The minimum Gasteiger partial charge on any atom is -0.546 e. The molecule has 1 aliphatic rings. The van der Waals surface area contributed by atoms with E-state index in [-0.39, 0.29) is 26.2 Å². The molecule has 0 aliphatic heterocycles. The number of ketones is 1. The van der Waals surface area contributed by atoms with Crippen LogP contribution in [0.3, 0.4) is 0 Å². The van der Waals surface area contributed by atoms with Crippen LogP contribution in [0.15, 0.2) is 72.0 Å². The quantitative estimate of drug-likeness (QED) is 0.500. The van der Waals surface area contributed by atoms with Crippen LogP contribution in [0.25, 0.3) is 0 Å². The fraction of sp³-hybridized carbons (Fsp3) is 0.111. The molecule has 2 rings (SSSR count). The maximum absolute atomic E-state index is 11.4. The summed E-state index contributed by atoms with van der Waals surface area (Å²) in [5.74, 6) is 0.0445. The Balaban J connectivity index is 0.000000715. The molecule has 112 valence electrons. The zero-order chi connectivity index (χ0) is 14.8. The predicted octanol–water partition coefficient (Wildman–Crippen LogP) is 3.55. The molecule has 0 saturated heterocycles. The van der Waals surface area contributed by atoms with E-state index in [1.165, 1.54) is 5.56 Å². The van der Waals surface area contributed by atoms with Crippen molar-refractivity contribution in [2.45, 2.75) is 13.5 Å². The van der Waals surface area contributed by atoms with Gasteiger partial charge in [-0.3, -0.25) is 4.79 Å². The van der Waals surface area contributed by atoms with Crippen molar-refractivity contribution in [2.75, 3.05) is 0 Å². The van der Waals surface area contributed by atoms with E-state index in [0.29, 0.717) is 11.1 Å². The zero-order valence-electron chi connectivity index (χ0n) is 12.0. The van der Waals surface area contributed by atoms with Crippen LogP contribution in [0.5, 0.6) is 0 Å². The van der Waals surface area contributed by atoms with Crippen LogP contribution >= 0.6 is 0 Å². The van der Waals surface area contributed by atoms with Gasteiger partial charge in [0.25, 0.3) is 0 Å². The number of rotatable bonds is 3. The van der Waals surface area contributed by atoms with Gasteiger partial charge in [0.2, 0.25) is 0 Å². The van der Waals surface area contributed by atoms with Crippen LogP contribution in [0.2, 0.25) is 0 Å².